The van der Waals surface area contributed by atoms with Crippen LogP contribution in [0.1, 0.15) is 36.6 Å². The topological polar surface area (TPSA) is 129 Å². The molecule has 12 nitrogen and oxygen atoms in total. The minimum atomic E-state index is -2.72. The van der Waals surface area contributed by atoms with Crippen molar-refractivity contribution in [3.63, 3.8) is 0 Å². The highest BCUT2D eigenvalue weighted by Gasteiger charge is 2.29. The van der Waals surface area contributed by atoms with Crippen LogP contribution in [0.15, 0.2) is 35.5 Å². The summed E-state index contributed by atoms with van der Waals surface area (Å²) in [5.74, 6) is 0.921. The van der Waals surface area contributed by atoms with Crippen LogP contribution in [0.2, 0.25) is 0 Å². The van der Waals surface area contributed by atoms with Crippen molar-refractivity contribution in [1.29, 1.82) is 0 Å². The number of hydrogen-bond acceptors (Lipinski definition) is 10. The highest BCUT2D eigenvalue weighted by molar-refractivity contribution is 5.98. The first-order valence-corrected chi connectivity index (χ1v) is 12.5. The van der Waals surface area contributed by atoms with Crippen LogP contribution in [0.5, 0.6) is 5.75 Å². The number of alkyl halides is 2. The van der Waals surface area contributed by atoms with E-state index in [2.05, 4.69) is 45.5 Å². The third-order valence-corrected chi connectivity index (χ3v) is 6.56. The van der Waals surface area contributed by atoms with E-state index in [1.807, 2.05) is 0 Å². The van der Waals surface area contributed by atoms with Crippen molar-refractivity contribution in [3.8, 4) is 17.1 Å². The van der Waals surface area contributed by atoms with Gasteiger partial charge in [0.2, 0.25) is 5.82 Å². The number of nitrogens with zero attached hydrogens (tertiary/aromatic N) is 9. The molecule has 1 N–H and O–H groups in total. The molecular formula is C27H26F2N10O2. The lowest BCUT2D eigenvalue weighted by atomic mass is 10.0. The molecule has 3 aromatic heterocycles. The summed E-state index contributed by atoms with van der Waals surface area (Å²) < 4.78 is 38.4. The summed E-state index contributed by atoms with van der Waals surface area (Å²) in [5, 5.41) is 15.5. The molecule has 0 aliphatic carbocycles. The highest BCUT2D eigenvalue weighted by atomic mass is 19.3. The van der Waals surface area contributed by atoms with Gasteiger partial charge in [0, 0.05) is 13.5 Å². The van der Waals surface area contributed by atoms with Crippen molar-refractivity contribution in [2.45, 2.75) is 38.7 Å². The summed E-state index contributed by atoms with van der Waals surface area (Å²) in [6.45, 7) is 11.2. The number of para-hydroxylation sites is 1. The van der Waals surface area contributed by atoms with Crippen molar-refractivity contribution in [2.24, 2.45) is 12.0 Å². The number of aryl methyl sites for hydroxylation is 1. The second-order valence-corrected chi connectivity index (χ2v) is 9.69. The Morgan fingerprint density at radius 2 is 1.98 bits per heavy atom. The Hall–Kier alpha value is -4.90. The fourth-order valence-electron chi connectivity index (χ4n) is 4.42. The first-order chi connectivity index (χ1) is 19.6. The van der Waals surface area contributed by atoms with Crippen LogP contribution < -0.4 is 10.1 Å². The van der Waals surface area contributed by atoms with Gasteiger partial charge in [0.05, 0.1) is 72.1 Å². The fourth-order valence-corrected chi connectivity index (χ4v) is 4.42. The Bertz CT molecular complexity index is 1690. The molecule has 0 fully saturated rings. The molecule has 41 heavy (non-hydrogen) atoms. The third-order valence-electron chi connectivity index (χ3n) is 6.56. The molecule has 1 aliphatic rings. The van der Waals surface area contributed by atoms with Crippen molar-refractivity contribution in [3.05, 3.63) is 64.7 Å². The minimum Gasteiger partial charge on any atom is -0.494 e. The van der Waals surface area contributed by atoms with Gasteiger partial charge in [-0.2, -0.15) is 4.80 Å². The Morgan fingerprint density at radius 1 is 1.17 bits per heavy atom. The van der Waals surface area contributed by atoms with E-state index >= 15 is 0 Å². The minimum absolute atomic E-state index is 0.0871. The quantitative estimate of drug-likeness (QED) is 0.289. The standard InChI is InChI=1S/C27H26F2N10O2/c1-27(2,41-6)23-26(30-3)33-15(13-31-23)10-14-11-18(21-19(32-14)12-20(35-21)24(28)29)34-17-9-7-8-16(22(17)40-5)25-36-38-39(4)37-25/h7-9,11,13,24H,10,12H2,1-2,4-6H3,(H,32,34). The molecule has 0 radical (unpaired) electrons. The molecule has 0 amide bonds. The summed E-state index contributed by atoms with van der Waals surface area (Å²) in [7, 11) is 4.71. The van der Waals surface area contributed by atoms with E-state index in [0.29, 0.717) is 57.0 Å². The zero-order valence-electron chi connectivity index (χ0n) is 23.0. The van der Waals surface area contributed by atoms with Gasteiger partial charge in [-0.05, 0) is 37.3 Å². The number of ether oxygens (including phenoxy) is 2. The van der Waals surface area contributed by atoms with Crippen molar-refractivity contribution >= 4 is 28.6 Å². The lowest BCUT2D eigenvalue weighted by Gasteiger charge is -2.22. The second-order valence-electron chi connectivity index (χ2n) is 9.69. The Labute approximate surface area is 234 Å². The number of halogens is 2. The van der Waals surface area contributed by atoms with Crippen LogP contribution in [-0.4, -0.2) is 61.5 Å². The molecule has 14 heteroatoms. The highest BCUT2D eigenvalue weighted by Crippen LogP contribution is 2.41. The Balaban J connectivity index is 1.55. The number of rotatable bonds is 9. The van der Waals surface area contributed by atoms with Gasteiger partial charge in [0.25, 0.3) is 12.2 Å². The molecule has 210 valence electrons. The third kappa shape index (κ3) is 5.44. The maximum atomic E-state index is 13.6. The van der Waals surface area contributed by atoms with Crippen LogP contribution in [0.25, 0.3) is 16.2 Å². The fraction of sp³-hybridized carbons (Fsp3) is 0.333. The maximum absolute atomic E-state index is 13.6. The summed E-state index contributed by atoms with van der Waals surface area (Å²) in [5.41, 5.74) is 2.69. The molecule has 1 aliphatic heterocycles. The van der Waals surface area contributed by atoms with E-state index in [1.165, 1.54) is 19.0 Å². The number of nitrogens with one attached hydrogen (secondary N) is 1. The Morgan fingerprint density at radius 3 is 2.63 bits per heavy atom. The van der Waals surface area contributed by atoms with Gasteiger partial charge in [-0.3, -0.25) is 9.97 Å². The molecule has 5 rings (SSSR count). The number of benzene rings is 1. The van der Waals surface area contributed by atoms with Gasteiger partial charge in [-0.1, -0.05) is 12.6 Å². The normalized spacial score (nSPS) is 12.7. The van der Waals surface area contributed by atoms with E-state index in [1.54, 1.807) is 51.4 Å². The number of fused-ring (bicyclic) bond motifs is 1. The zero-order valence-corrected chi connectivity index (χ0v) is 23.0. The number of pyridine rings is 1. The molecule has 4 aromatic rings. The first-order valence-electron chi connectivity index (χ1n) is 12.5. The number of anilines is 2. The van der Waals surface area contributed by atoms with Gasteiger partial charge in [0.1, 0.15) is 5.69 Å². The van der Waals surface area contributed by atoms with E-state index in [-0.39, 0.29) is 24.4 Å². The van der Waals surface area contributed by atoms with E-state index < -0.39 is 12.0 Å². The number of methoxy groups -OCH3 is 2. The number of hydrogen-bond donors (Lipinski definition) is 1. The first kappa shape index (κ1) is 27.7. The average molecular weight is 561 g/mol. The van der Waals surface area contributed by atoms with Crippen LogP contribution in [0.4, 0.5) is 31.7 Å². The van der Waals surface area contributed by atoms with Gasteiger partial charge in [-0.25, -0.2) is 13.8 Å². The lowest BCUT2D eigenvalue weighted by Crippen LogP contribution is -2.22. The lowest BCUT2D eigenvalue weighted by molar-refractivity contribution is 0.0160. The number of aromatic nitrogens is 7. The molecule has 0 saturated heterocycles. The predicted octanol–water partition coefficient (Wildman–Crippen LogP) is 4.73. The van der Waals surface area contributed by atoms with Gasteiger partial charge in [0.15, 0.2) is 11.4 Å². The van der Waals surface area contributed by atoms with Crippen molar-refractivity contribution in [1.82, 2.24) is 35.2 Å². The molecular weight excluding hydrogens is 534 g/mol. The number of tetrazole rings is 1. The van der Waals surface area contributed by atoms with Crippen molar-refractivity contribution < 1.29 is 18.3 Å². The molecule has 0 bridgehead atoms. The molecule has 4 heterocycles. The SMILES string of the molecule is [C-]#[N+]c1nc(Cc2cc(Nc3cccc(-c4nnn(C)n4)c3OC)c3c(n2)CC(C(F)F)=N3)cnc1C(C)(C)OC. The largest absolute Gasteiger partial charge is 0.494 e. The predicted molar refractivity (Wildman–Crippen MR) is 146 cm³/mol. The monoisotopic (exact) mass is 560 g/mol. The average Bonchev–Trinajstić information content (AvgIpc) is 3.59. The summed E-state index contributed by atoms with van der Waals surface area (Å²) in [6.07, 6.45) is -1.04. The smallest absolute Gasteiger partial charge is 0.294 e. The Kier molecular flexibility index (Phi) is 7.38. The zero-order chi connectivity index (χ0) is 29.3. The molecule has 0 saturated carbocycles. The molecule has 0 spiro atoms. The molecule has 0 atom stereocenters. The summed E-state index contributed by atoms with van der Waals surface area (Å²) in [6, 6.07) is 7.08. The van der Waals surface area contributed by atoms with Gasteiger partial charge < -0.3 is 19.6 Å². The maximum Gasteiger partial charge on any atom is 0.294 e. The van der Waals surface area contributed by atoms with E-state index in [0.717, 1.165) is 0 Å². The summed E-state index contributed by atoms with van der Waals surface area (Å²) in [4.78, 5) is 22.6. The summed E-state index contributed by atoms with van der Waals surface area (Å²) >= 11 is 0. The van der Waals surface area contributed by atoms with Gasteiger partial charge >= 0.3 is 0 Å². The molecule has 0 unspecified atom stereocenters. The van der Waals surface area contributed by atoms with Crippen LogP contribution >= 0.6 is 0 Å². The van der Waals surface area contributed by atoms with Crippen LogP contribution in [-0.2, 0) is 30.2 Å². The number of aliphatic imine (C=N–C) groups is 1. The van der Waals surface area contributed by atoms with Gasteiger partial charge in [-0.15, -0.1) is 15.2 Å². The van der Waals surface area contributed by atoms with Crippen LogP contribution in [0.3, 0.4) is 0 Å². The molecule has 1 aromatic carbocycles. The van der Waals surface area contributed by atoms with Crippen LogP contribution in [0, 0.1) is 6.57 Å². The van der Waals surface area contributed by atoms with E-state index in [9.17, 15) is 8.78 Å². The van der Waals surface area contributed by atoms with E-state index in [4.69, 9.17) is 16.0 Å². The second kappa shape index (κ2) is 10.9. The van der Waals surface area contributed by atoms with Crippen molar-refractivity contribution in [2.75, 3.05) is 19.5 Å².